The van der Waals surface area contributed by atoms with Gasteiger partial charge in [0.05, 0.1) is 18.3 Å². The fourth-order valence-electron chi connectivity index (χ4n) is 4.05. The van der Waals surface area contributed by atoms with E-state index in [1.807, 2.05) is 0 Å². The Balaban J connectivity index is 1.72. The molecule has 0 aromatic carbocycles. The van der Waals surface area contributed by atoms with E-state index in [4.69, 9.17) is 4.74 Å². The molecule has 0 aromatic heterocycles. The summed E-state index contributed by atoms with van der Waals surface area (Å²) in [6, 6.07) is 0. The second-order valence-corrected chi connectivity index (χ2v) is 7.19. The van der Waals surface area contributed by atoms with E-state index in [1.54, 1.807) is 0 Å². The van der Waals surface area contributed by atoms with E-state index in [9.17, 15) is 5.11 Å². The summed E-state index contributed by atoms with van der Waals surface area (Å²) >= 11 is 0. The largest absolute Gasteiger partial charge is 0.390 e. The summed E-state index contributed by atoms with van der Waals surface area (Å²) in [5.41, 5.74) is 0. The van der Waals surface area contributed by atoms with Gasteiger partial charge in [0.15, 0.2) is 0 Å². The molecule has 0 bridgehead atoms. The molecule has 4 unspecified atom stereocenters. The number of likely N-dealkylation sites (tertiary alicyclic amines) is 1. The molecule has 1 N–H and O–H groups in total. The Bertz CT molecular complexity index is 289. The van der Waals surface area contributed by atoms with Crippen LogP contribution in [0.4, 0.5) is 0 Å². The molecule has 4 heteroatoms. The van der Waals surface area contributed by atoms with E-state index in [0.717, 1.165) is 38.6 Å². The van der Waals surface area contributed by atoms with Gasteiger partial charge in [-0.05, 0) is 45.6 Å². The van der Waals surface area contributed by atoms with Crippen LogP contribution in [-0.2, 0) is 4.74 Å². The lowest BCUT2D eigenvalue weighted by molar-refractivity contribution is -0.0785. The highest BCUT2D eigenvalue weighted by Crippen LogP contribution is 2.21. The molecule has 2 rings (SSSR count). The highest BCUT2D eigenvalue weighted by molar-refractivity contribution is 4.79. The van der Waals surface area contributed by atoms with Crippen molar-refractivity contribution < 1.29 is 9.84 Å². The average Bonchev–Trinajstić information content (AvgIpc) is 2.37. The highest BCUT2D eigenvalue weighted by Gasteiger charge is 2.26. The zero-order valence-corrected chi connectivity index (χ0v) is 14.1. The number of hydrogen-bond acceptors (Lipinski definition) is 4. The van der Waals surface area contributed by atoms with Crippen LogP contribution in [0.2, 0.25) is 0 Å². The van der Waals surface area contributed by atoms with Crippen molar-refractivity contribution in [3.05, 3.63) is 0 Å². The lowest BCUT2D eigenvalue weighted by Crippen LogP contribution is -2.50. The molecule has 0 aromatic rings. The maximum Gasteiger partial charge on any atom is 0.0793 e. The van der Waals surface area contributed by atoms with E-state index in [-0.39, 0.29) is 18.3 Å². The summed E-state index contributed by atoms with van der Waals surface area (Å²) in [7, 11) is 0. The number of aliphatic hydroxyl groups is 1. The number of piperidine rings is 1. The first-order valence-corrected chi connectivity index (χ1v) is 8.85. The number of hydrogen-bond donors (Lipinski definition) is 1. The van der Waals surface area contributed by atoms with Crippen LogP contribution in [0.1, 0.15) is 46.5 Å². The zero-order valence-electron chi connectivity index (χ0n) is 14.1. The monoisotopic (exact) mass is 298 g/mol. The molecule has 124 valence electrons. The summed E-state index contributed by atoms with van der Waals surface area (Å²) in [4.78, 5) is 4.83. The third kappa shape index (κ3) is 5.85. The number of morpholine rings is 1. The molecule has 2 saturated heterocycles. The van der Waals surface area contributed by atoms with E-state index in [2.05, 4.69) is 30.6 Å². The minimum Gasteiger partial charge on any atom is -0.390 e. The zero-order chi connectivity index (χ0) is 15.2. The van der Waals surface area contributed by atoms with Crippen molar-refractivity contribution >= 4 is 0 Å². The van der Waals surface area contributed by atoms with Crippen LogP contribution in [0.3, 0.4) is 0 Å². The predicted octanol–water partition coefficient (Wildman–Crippen LogP) is 1.97. The Morgan fingerprint density at radius 3 is 2.43 bits per heavy atom. The number of aliphatic hydroxyl groups excluding tert-OH is 1. The Morgan fingerprint density at radius 1 is 1.10 bits per heavy atom. The van der Waals surface area contributed by atoms with Crippen molar-refractivity contribution in [3.8, 4) is 0 Å². The van der Waals surface area contributed by atoms with Crippen molar-refractivity contribution in [1.82, 2.24) is 9.80 Å². The van der Waals surface area contributed by atoms with E-state index >= 15 is 0 Å². The van der Waals surface area contributed by atoms with Crippen molar-refractivity contribution in [2.75, 3.05) is 39.3 Å². The fourth-order valence-corrected chi connectivity index (χ4v) is 4.05. The molecule has 0 aliphatic carbocycles. The van der Waals surface area contributed by atoms with E-state index in [0.29, 0.717) is 0 Å². The summed E-state index contributed by atoms with van der Waals surface area (Å²) in [5, 5.41) is 10.4. The molecule has 2 aliphatic heterocycles. The van der Waals surface area contributed by atoms with Gasteiger partial charge in [-0.1, -0.05) is 13.3 Å². The molecule has 4 atom stereocenters. The van der Waals surface area contributed by atoms with Gasteiger partial charge in [-0.2, -0.15) is 0 Å². The molecule has 4 nitrogen and oxygen atoms in total. The highest BCUT2D eigenvalue weighted by atomic mass is 16.5. The second-order valence-electron chi connectivity index (χ2n) is 7.19. The lowest BCUT2D eigenvalue weighted by atomic mass is 9.93. The standard InChI is InChI=1S/C17H34N2O2/c1-4-6-16-7-5-8-18(11-16)12-17(20)13-19-9-14(2)21-15(3)10-19/h14-17,20H,4-13H2,1-3H3. The first-order valence-electron chi connectivity index (χ1n) is 8.85. The number of rotatable bonds is 6. The van der Waals surface area contributed by atoms with Crippen LogP contribution in [0.5, 0.6) is 0 Å². The number of β-amino-alcohol motifs (C(OH)–C–C–N with tert-alkyl or cyclic N) is 1. The summed E-state index contributed by atoms with van der Waals surface area (Å²) in [6.07, 6.45) is 5.62. The molecule has 2 aliphatic rings. The van der Waals surface area contributed by atoms with E-state index < -0.39 is 0 Å². The van der Waals surface area contributed by atoms with E-state index in [1.165, 1.54) is 32.2 Å². The van der Waals surface area contributed by atoms with Crippen molar-refractivity contribution in [2.45, 2.75) is 64.8 Å². The van der Waals surface area contributed by atoms with Gasteiger partial charge in [-0.25, -0.2) is 0 Å². The molecule has 0 radical (unpaired) electrons. The van der Waals surface area contributed by atoms with Crippen LogP contribution < -0.4 is 0 Å². The lowest BCUT2D eigenvalue weighted by Gasteiger charge is -2.38. The number of nitrogens with zero attached hydrogens (tertiary/aromatic N) is 2. The molecule has 0 amide bonds. The summed E-state index contributed by atoms with van der Waals surface area (Å²) in [6.45, 7) is 12.4. The molecule has 2 heterocycles. The summed E-state index contributed by atoms with van der Waals surface area (Å²) < 4.78 is 5.76. The topological polar surface area (TPSA) is 35.9 Å². The van der Waals surface area contributed by atoms with Crippen LogP contribution >= 0.6 is 0 Å². The smallest absolute Gasteiger partial charge is 0.0793 e. The molecule has 2 fully saturated rings. The molecule has 0 saturated carbocycles. The molecular formula is C17H34N2O2. The first-order chi connectivity index (χ1) is 10.1. The van der Waals surface area contributed by atoms with Gasteiger partial charge in [0, 0.05) is 32.7 Å². The molecule has 0 spiro atoms. The van der Waals surface area contributed by atoms with Crippen molar-refractivity contribution in [1.29, 1.82) is 0 Å². The van der Waals surface area contributed by atoms with Gasteiger partial charge >= 0.3 is 0 Å². The van der Waals surface area contributed by atoms with Gasteiger partial charge in [-0.3, -0.25) is 4.90 Å². The third-order valence-electron chi connectivity index (χ3n) is 4.73. The van der Waals surface area contributed by atoms with Crippen LogP contribution in [0.15, 0.2) is 0 Å². The molecule has 21 heavy (non-hydrogen) atoms. The van der Waals surface area contributed by atoms with Crippen LogP contribution in [0, 0.1) is 5.92 Å². The van der Waals surface area contributed by atoms with Crippen molar-refractivity contribution in [3.63, 3.8) is 0 Å². The minimum atomic E-state index is -0.233. The average molecular weight is 298 g/mol. The van der Waals surface area contributed by atoms with Gasteiger partial charge in [0.2, 0.25) is 0 Å². The van der Waals surface area contributed by atoms with Gasteiger partial charge in [0.25, 0.3) is 0 Å². The van der Waals surface area contributed by atoms with Crippen molar-refractivity contribution in [2.24, 2.45) is 5.92 Å². The normalized spacial score (nSPS) is 34.0. The maximum atomic E-state index is 10.4. The van der Waals surface area contributed by atoms with Gasteiger partial charge in [0.1, 0.15) is 0 Å². The van der Waals surface area contributed by atoms with Gasteiger partial charge < -0.3 is 14.7 Å². The predicted molar refractivity (Wildman–Crippen MR) is 86.5 cm³/mol. The Kier molecular flexibility index (Phi) is 6.93. The minimum absolute atomic E-state index is 0.233. The Labute approximate surface area is 130 Å². The molecular weight excluding hydrogens is 264 g/mol. The Hall–Kier alpha value is -0.160. The maximum absolute atomic E-state index is 10.4. The van der Waals surface area contributed by atoms with Crippen LogP contribution in [0.25, 0.3) is 0 Å². The SMILES string of the molecule is CCCC1CCCN(CC(O)CN2CC(C)OC(C)C2)C1. The summed E-state index contributed by atoms with van der Waals surface area (Å²) in [5.74, 6) is 0.847. The Morgan fingerprint density at radius 2 is 1.76 bits per heavy atom. The third-order valence-corrected chi connectivity index (χ3v) is 4.73. The van der Waals surface area contributed by atoms with Gasteiger partial charge in [-0.15, -0.1) is 0 Å². The second kappa shape index (κ2) is 8.47. The fraction of sp³-hybridized carbons (Fsp3) is 1.00. The number of ether oxygens (including phenoxy) is 1. The quantitative estimate of drug-likeness (QED) is 0.813. The van der Waals surface area contributed by atoms with Crippen LogP contribution in [-0.4, -0.2) is 72.5 Å². The first kappa shape index (κ1) is 17.2.